The highest BCUT2D eigenvalue weighted by molar-refractivity contribution is 5.95. The van der Waals surface area contributed by atoms with E-state index < -0.39 is 0 Å². The summed E-state index contributed by atoms with van der Waals surface area (Å²) in [6.45, 7) is 5.08. The minimum absolute atomic E-state index is 0.0262. The molecule has 2 amide bonds. The number of amides is 2. The van der Waals surface area contributed by atoms with Crippen LogP contribution in [0.2, 0.25) is 0 Å². The summed E-state index contributed by atoms with van der Waals surface area (Å²) in [5.74, 6) is 0.968. The van der Waals surface area contributed by atoms with Gasteiger partial charge in [0.05, 0.1) is 6.54 Å². The molecule has 1 saturated carbocycles. The summed E-state index contributed by atoms with van der Waals surface area (Å²) in [6, 6.07) is -0.248. The third kappa shape index (κ3) is 2.45. The molecule has 2 atom stereocenters. The molecule has 0 spiro atoms. The summed E-state index contributed by atoms with van der Waals surface area (Å²) in [5, 5.41) is 2.71. The van der Waals surface area contributed by atoms with Gasteiger partial charge in [0.2, 0.25) is 11.8 Å². The quantitative estimate of drug-likeness (QED) is 0.799. The molecule has 17 heavy (non-hydrogen) atoms. The van der Waals surface area contributed by atoms with E-state index >= 15 is 0 Å². The molecule has 2 unspecified atom stereocenters. The molecular formula is C13H22N2O2. The fraction of sp³-hybridized carbons (Fsp3) is 0.846. The minimum atomic E-state index is -0.248. The van der Waals surface area contributed by atoms with Crippen molar-refractivity contribution in [1.29, 1.82) is 0 Å². The van der Waals surface area contributed by atoms with Gasteiger partial charge in [-0.05, 0) is 24.7 Å². The van der Waals surface area contributed by atoms with Crippen molar-refractivity contribution < 1.29 is 9.59 Å². The predicted molar refractivity (Wildman–Crippen MR) is 65.3 cm³/mol. The smallest absolute Gasteiger partial charge is 0.243 e. The largest absolute Gasteiger partial charge is 0.345 e. The summed E-state index contributed by atoms with van der Waals surface area (Å²) >= 11 is 0. The molecule has 1 aliphatic heterocycles. The maximum atomic E-state index is 12.0. The second-order valence-corrected chi connectivity index (χ2v) is 5.39. The molecule has 0 aromatic heterocycles. The molecule has 96 valence electrons. The van der Waals surface area contributed by atoms with Crippen molar-refractivity contribution in [3.63, 3.8) is 0 Å². The Bertz CT molecular complexity index is 313. The number of hydrogen-bond donors (Lipinski definition) is 1. The van der Waals surface area contributed by atoms with Crippen molar-refractivity contribution in [1.82, 2.24) is 10.2 Å². The molecule has 1 heterocycles. The monoisotopic (exact) mass is 238 g/mol. The van der Waals surface area contributed by atoms with Crippen molar-refractivity contribution in [2.45, 2.75) is 45.6 Å². The van der Waals surface area contributed by atoms with Gasteiger partial charge < -0.3 is 10.2 Å². The molecule has 4 nitrogen and oxygen atoms in total. The molecule has 1 aliphatic carbocycles. The number of hydrogen-bond acceptors (Lipinski definition) is 2. The first-order chi connectivity index (χ1) is 8.13. The lowest BCUT2D eigenvalue weighted by molar-refractivity contribution is -0.148. The van der Waals surface area contributed by atoms with Crippen molar-refractivity contribution in [3.05, 3.63) is 0 Å². The Kier molecular flexibility index (Phi) is 3.69. The molecule has 1 saturated heterocycles. The minimum Gasteiger partial charge on any atom is -0.345 e. The number of carbonyl (C=O) groups is 2. The third-order valence-corrected chi connectivity index (χ3v) is 4.20. The first-order valence-corrected chi connectivity index (χ1v) is 6.70. The molecule has 0 aromatic rings. The van der Waals surface area contributed by atoms with E-state index in [4.69, 9.17) is 0 Å². The Labute approximate surface area is 103 Å². The van der Waals surface area contributed by atoms with Crippen LogP contribution in [0.5, 0.6) is 0 Å². The van der Waals surface area contributed by atoms with Crippen LogP contribution in [0.4, 0.5) is 0 Å². The first-order valence-electron chi connectivity index (χ1n) is 6.70. The summed E-state index contributed by atoms with van der Waals surface area (Å²) in [7, 11) is 0. The summed E-state index contributed by atoms with van der Waals surface area (Å²) < 4.78 is 0. The van der Waals surface area contributed by atoms with E-state index in [9.17, 15) is 9.59 Å². The molecule has 2 aliphatic rings. The maximum absolute atomic E-state index is 12.0. The van der Waals surface area contributed by atoms with Gasteiger partial charge in [-0.25, -0.2) is 0 Å². The van der Waals surface area contributed by atoms with Crippen molar-refractivity contribution in [3.8, 4) is 0 Å². The van der Waals surface area contributed by atoms with Crippen molar-refractivity contribution in [2.24, 2.45) is 11.8 Å². The van der Waals surface area contributed by atoms with Gasteiger partial charge >= 0.3 is 0 Å². The summed E-state index contributed by atoms with van der Waals surface area (Å²) in [5.41, 5.74) is 0. The van der Waals surface area contributed by atoms with Gasteiger partial charge in [-0.15, -0.1) is 0 Å². The normalized spacial score (nSPS) is 27.6. The van der Waals surface area contributed by atoms with E-state index in [1.165, 1.54) is 19.3 Å². The summed E-state index contributed by atoms with van der Waals surface area (Å²) in [6.07, 6.45) is 4.61. The molecule has 2 fully saturated rings. The Morgan fingerprint density at radius 3 is 2.65 bits per heavy atom. The number of nitrogens with one attached hydrogen (secondary N) is 1. The molecule has 0 bridgehead atoms. The van der Waals surface area contributed by atoms with E-state index in [2.05, 4.69) is 19.2 Å². The van der Waals surface area contributed by atoms with Crippen LogP contribution in [0.3, 0.4) is 0 Å². The van der Waals surface area contributed by atoms with Gasteiger partial charge in [0.25, 0.3) is 0 Å². The highest BCUT2D eigenvalue weighted by atomic mass is 16.2. The highest BCUT2D eigenvalue weighted by Gasteiger charge is 2.38. The van der Waals surface area contributed by atoms with Crippen molar-refractivity contribution >= 4 is 11.8 Å². The predicted octanol–water partition coefficient (Wildman–Crippen LogP) is 1.16. The number of nitrogens with zero attached hydrogens (tertiary/aromatic N) is 1. The van der Waals surface area contributed by atoms with Crippen LogP contribution >= 0.6 is 0 Å². The standard InChI is InChI=1S/C13H22N2O2/c1-3-9(2)12-13(17)14-7-11(16)15(12)8-10-5-4-6-10/h9-10,12H,3-8H2,1-2H3,(H,14,17). The third-order valence-electron chi connectivity index (χ3n) is 4.20. The second-order valence-electron chi connectivity index (χ2n) is 5.39. The van der Waals surface area contributed by atoms with Gasteiger partial charge in [0.15, 0.2) is 0 Å². The van der Waals surface area contributed by atoms with Crippen LogP contribution < -0.4 is 5.32 Å². The zero-order valence-corrected chi connectivity index (χ0v) is 10.7. The van der Waals surface area contributed by atoms with E-state index in [0.29, 0.717) is 5.92 Å². The number of carbonyl (C=O) groups excluding carboxylic acids is 2. The Morgan fingerprint density at radius 2 is 2.12 bits per heavy atom. The topological polar surface area (TPSA) is 49.4 Å². The summed E-state index contributed by atoms with van der Waals surface area (Å²) in [4.78, 5) is 25.7. The highest BCUT2D eigenvalue weighted by Crippen LogP contribution is 2.29. The van der Waals surface area contributed by atoms with Crippen LogP contribution in [-0.2, 0) is 9.59 Å². The van der Waals surface area contributed by atoms with Crippen LogP contribution in [-0.4, -0.2) is 35.8 Å². The van der Waals surface area contributed by atoms with Crippen molar-refractivity contribution in [2.75, 3.05) is 13.1 Å². The van der Waals surface area contributed by atoms with Crippen LogP contribution in [0.15, 0.2) is 0 Å². The van der Waals surface area contributed by atoms with Gasteiger partial charge in [0.1, 0.15) is 6.04 Å². The Hall–Kier alpha value is -1.06. The van der Waals surface area contributed by atoms with Gasteiger partial charge in [-0.3, -0.25) is 9.59 Å². The number of piperazine rings is 1. The lowest BCUT2D eigenvalue weighted by Gasteiger charge is -2.41. The molecular weight excluding hydrogens is 216 g/mol. The van der Waals surface area contributed by atoms with Crippen LogP contribution in [0, 0.1) is 11.8 Å². The van der Waals surface area contributed by atoms with Crippen LogP contribution in [0.25, 0.3) is 0 Å². The Balaban J connectivity index is 2.09. The van der Waals surface area contributed by atoms with E-state index in [1.807, 2.05) is 4.90 Å². The Morgan fingerprint density at radius 1 is 1.41 bits per heavy atom. The van der Waals surface area contributed by atoms with Crippen LogP contribution in [0.1, 0.15) is 39.5 Å². The molecule has 0 radical (unpaired) electrons. The number of rotatable bonds is 4. The van der Waals surface area contributed by atoms with Gasteiger partial charge in [0, 0.05) is 6.54 Å². The lowest BCUT2D eigenvalue weighted by Crippen LogP contribution is -2.61. The van der Waals surface area contributed by atoms with E-state index in [1.54, 1.807) is 0 Å². The lowest BCUT2D eigenvalue weighted by atomic mass is 9.83. The average Bonchev–Trinajstić information content (AvgIpc) is 2.26. The molecule has 2 rings (SSSR count). The fourth-order valence-electron chi connectivity index (χ4n) is 2.62. The SMILES string of the molecule is CCC(C)C1C(=O)NCC(=O)N1CC1CCC1. The fourth-order valence-corrected chi connectivity index (χ4v) is 2.62. The second kappa shape index (κ2) is 5.07. The average molecular weight is 238 g/mol. The zero-order chi connectivity index (χ0) is 12.4. The molecule has 0 aromatic carbocycles. The molecule has 4 heteroatoms. The van der Waals surface area contributed by atoms with Gasteiger partial charge in [-0.2, -0.15) is 0 Å². The first kappa shape index (κ1) is 12.4. The maximum Gasteiger partial charge on any atom is 0.243 e. The molecule has 1 N–H and O–H groups in total. The van der Waals surface area contributed by atoms with E-state index in [-0.39, 0.29) is 30.3 Å². The zero-order valence-electron chi connectivity index (χ0n) is 10.7. The van der Waals surface area contributed by atoms with E-state index in [0.717, 1.165) is 13.0 Å². The van der Waals surface area contributed by atoms with Gasteiger partial charge in [-0.1, -0.05) is 26.7 Å².